The van der Waals surface area contributed by atoms with Gasteiger partial charge in [0, 0.05) is 24.7 Å². The molecule has 2 heterocycles. The Morgan fingerprint density at radius 3 is 2.67 bits per heavy atom. The summed E-state index contributed by atoms with van der Waals surface area (Å²) in [6.45, 7) is 7.29. The molecule has 2 aromatic rings. The fourth-order valence-electron chi connectivity index (χ4n) is 2.77. The van der Waals surface area contributed by atoms with Crippen LogP contribution in [-0.4, -0.2) is 65.6 Å². The molecule has 1 saturated heterocycles. The number of amides is 2. The Balaban J connectivity index is 1.63. The fourth-order valence-corrected chi connectivity index (χ4v) is 3.72. The number of fused-ring (bicyclic) bond motifs is 1. The maximum atomic E-state index is 12.6. The van der Waals surface area contributed by atoms with Gasteiger partial charge >= 0.3 is 6.09 Å². The molecule has 1 fully saturated rings. The van der Waals surface area contributed by atoms with Crippen molar-refractivity contribution in [1.82, 2.24) is 20.1 Å². The second kappa shape index (κ2) is 7.44. The molecule has 1 N–H and O–H groups in total. The summed E-state index contributed by atoms with van der Waals surface area (Å²) < 4.78 is 6.16. The van der Waals surface area contributed by atoms with Gasteiger partial charge in [-0.1, -0.05) is 0 Å². The van der Waals surface area contributed by atoms with Crippen LogP contribution in [0.25, 0.3) is 10.2 Å². The first-order chi connectivity index (χ1) is 12.6. The minimum Gasteiger partial charge on any atom is -0.444 e. The Kier molecular flexibility index (Phi) is 5.39. The zero-order chi connectivity index (χ0) is 19.8. The molecule has 0 saturated carbocycles. The number of nitrogens with one attached hydrogen (secondary N) is 1. The van der Waals surface area contributed by atoms with E-state index in [2.05, 4.69) is 15.2 Å². The van der Waals surface area contributed by atoms with Gasteiger partial charge in [-0.15, -0.1) is 11.3 Å². The quantitative estimate of drug-likeness (QED) is 0.869. The number of ether oxygens (including phenoxy) is 1. The number of carbonyl (C=O) groups is 2. The lowest BCUT2D eigenvalue weighted by Gasteiger charge is -2.42. The summed E-state index contributed by atoms with van der Waals surface area (Å²) in [7, 11) is 4.06. The van der Waals surface area contributed by atoms with Crippen molar-refractivity contribution in [2.75, 3.05) is 27.2 Å². The van der Waals surface area contributed by atoms with Crippen molar-refractivity contribution >= 4 is 33.6 Å². The number of rotatable bonds is 4. The zero-order valence-corrected chi connectivity index (χ0v) is 17.2. The van der Waals surface area contributed by atoms with Gasteiger partial charge < -0.3 is 19.9 Å². The summed E-state index contributed by atoms with van der Waals surface area (Å²) in [5, 5.41) is 3.49. The third-order valence-corrected chi connectivity index (χ3v) is 5.36. The molecular formula is C19H26N4O3S. The first kappa shape index (κ1) is 19.6. The van der Waals surface area contributed by atoms with Gasteiger partial charge in [-0.25, -0.2) is 9.78 Å². The van der Waals surface area contributed by atoms with Gasteiger partial charge in [-0.05, 0) is 53.1 Å². The molecule has 1 aliphatic rings. The number of aromatic nitrogens is 1. The highest BCUT2D eigenvalue weighted by atomic mass is 32.1. The van der Waals surface area contributed by atoms with Crippen molar-refractivity contribution in [1.29, 1.82) is 0 Å². The van der Waals surface area contributed by atoms with Crippen LogP contribution in [-0.2, 0) is 11.3 Å². The lowest BCUT2D eigenvalue weighted by Crippen LogP contribution is -2.59. The van der Waals surface area contributed by atoms with Crippen LogP contribution in [0, 0.1) is 0 Å². The Hall–Kier alpha value is -2.19. The van der Waals surface area contributed by atoms with E-state index >= 15 is 0 Å². The summed E-state index contributed by atoms with van der Waals surface area (Å²) in [5.74, 6) is 0.0526. The van der Waals surface area contributed by atoms with Crippen molar-refractivity contribution in [2.45, 2.75) is 39.0 Å². The third kappa shape index (κ3) is 4.75. The van der Waals surface area contributed by atoms with E-state index in [1.165, 1.54) is 11.3 Å². The Morgan fingerprint density at radius 1 is 1.33 bits per heavy atom. The Morgan fingerprint density at radius 2 is 2.04 bits per heavy atom. The molecule has 0 unspecified atom stereocenters. The highest BCUT2D eigenvalue weighted by Crippen LogP contribution is 2.25. The maximum absolute atomic E-state index is 12.6. The summed E-state index contributed by atoms with van der Waals surface area (Å²) in [5.41, 5.74) is 0.970. The predicted octanol–water partition coefficient (Wildman–Crippen LogP) is 2.71. The molecular weight excluding hydrogens is 364 g/mol. The van der Waals surface area contributed by atoms with E-state index in [0.29, 0.717) is 18.2 Å². The lowest BCUT2D eigenvalue weighted by atomic mass is 10.1. The molecule has 0 aliphatic carbocycles. The van der Waals surface area contributed by atoms with Crippen LogP contribution in [0.3, 0.4) is 0 Å². The maximum Gasteiger partial charge on any atom is 0.408 e. The van der Waals surface area contributed by atoms with Gasteiger partial charge in [0.2, 0.25) is 0 Å². The first-order valence-electron chi connectivity index (χ1n) is 8.94. The number of alkyl carbamates (subject to hydrolysis) is 1. The van der Waals surface area contributed by atoms with Crippen LogP contribution in [0.4, 0.5) is 4.79 Å². The van der Waals surface area contributed by atoms with Crippen molar-refractivity contribution < 1.29 is 14.3 Å². The molecule has 0 atom stereocenters. The summed E-state index contributed by atoms with van der Waals surface area (Å²) in [6, 6.07) is 6.00. The average molecular weight is 391 g/mol. The van der Waals surface area contributed by atoms with Crippen LogP contribution in [0.5, 0.6) is 0 Å². The molecule has 146 valence electrons. The van der Waals surface area contributed by atoms with Crippen LogP contribution in [0.2, 0.25) is 0 Å². The van der Waals surface area contributed by atoms with E-state index in [4.69, 9.17) is 4.74 Å². The zero-order valence-electron chi connectivity index (χ0n) is 16.4. The monoisotopic (exact) mass is 390 g/mol. The van der Waals surface area contributed by atoms with Crippen molar-refractivity contribution in [3.63, 3.8) is 0 Å². The second-order valence-electron chi connectivity index (χ2n) is 7.97. The number of likely N-dealkylation sites (tertiary alicyclic amines) is 1. The number of carbonyl (C=O) groups excluding carboxylic acids is 2. The van der Waals surface area contributed by atoms with E-state index in [0.717, 1.165) is 28.3 Å². The van der Waals surface area contributed by atoms with Crippen molar-refractivity contribution in [2.24, 2.45) is 0 Å². The Labute approximate surface area is 163 Å². The first-order valence-corrected chi connectivity index (χ1v) is 9.76. The van der Waals surface area contributed by atoms with E-state index in [1.54, 1.807) is 0 Å². The minimum atomic E-state index is -0.532. The molecule has 0 radical (unpaired) electrons. The molecule has 0 spiro atoms. The molecule has 1 aromatic carbocycles. The van der Waals surface area contributed by atoms with Crippen molar-refractivity contribution in [3.8, 4) is 0 Å². The lowest BCUT2D eigenvalue weighted by molar-refractivity contribution is 0.0399. The number of hydrogen-bond acceptors (Lipinski definition) is 6. The van der Waals surface area contributed by atoms with Gasteiger partial charge in [0.25, 0.3) is 5.91 Å². The minimum absolute atomic E-state index is 0.0526. The number of thiazole rings is 1. The summed E-state index contributed by atoms with van der Waals surface area (Å²) in [4.78, 5) is 32.9. The van der Waals surface area contributed by atoms with E-state index < -0.39 is 11.7 Å². The molecule has 3 rings (SSSR count). The molecule has 27 heavy (non-hydrogen) atoms. The van der Waals surface area contributed by atoms with Gasteiger partial charge in [0.15, 0.2) is 0 Å². The highest BCUT2D eigenvalue weighted by molar-refractivity contribution is 7.18. The second-order valence-corrected chi connectivity index (χ2v) is 9.09. The number of nitrogens with zero attached hydrogens (tertiary/aromatic N) is 3. The largest absolute Gasteiger partial charge is 0.444 e. The SMILES string of the molecule is CN(C)C1CN(C(=O)c2ccc3nc(CNC(=O)OC(C)(C)C)sc3c2)C1. The van der Waals surface area contributed by atoms with Gasteiger partial charge in [0.05, 0.1) is 16.8 Å². The van der Waals surface area contributed by atoms with Gasteiger partial charge in [0.1, 0.15) is 10.6 Å². The fraction of sp³-hybridized carbons (Fsp3) is 0.526. The standard InChI is InChI=1S/C19H26N4O3S/c1-19(2,3)26-18(25)20-9-16-21-14-7-6-12(8-15(14)27-16)17(24)23-10-13(11-23)22(4)5/h6-8,13H,9-11H2,1-5H3,(H,20,25). The van der Waals surface area contributed by atoms with Gasteiger partial charge in [-0.2, -0.15) is 0 Å². The molecule has 2 amide bonds. The normalized spacial score (nSPS) is 15.1. The van der Waals surface area contributed by atoms with Crippen LogP contribution >= 0.6 is 11.3 Å². The molecule has 7 nitrogen and oxygen atoms in total. The smallest absolute Gasteiger partial charge is 0.408 e. The Bertz CT molecular complexity index is 850. The van der Waals surface area contributed by atoms with Crippen molar-refractivity contribution in [3.05, 3.63) is 28.8 Å². The average Bonchev–Trinajstić information content (AvgIpc) is 2.91. The number of likely N-dealkylation sites (N-methyl/N-ethyl adjacent to an activating group) is 1. The third-order valence-electron chi connectivity index (χ3n) is 4.34. The summed E-state index contributed by atoms with van der Waals surface area (Å²) in [6.07, 6.45) is -0.467. The molecule has 1 aliphatic heterocycles. The van der Waals surface area contributed by atoms with Gasteiger partial charge in [-0.3, -0.25) is 4.79 Å². The topological polar surface area (TPSA) is 74.8 Å². The van der Waals surface area contributed by atoms with E-state index in [9.17, 15) is 9.59 Å². The van der Waals surface area contributed by atoms with Crippen LogP contribution in [0.1, 0.15) is 36.1 Å². The molecule has 8 heteroatoms. The summed E-state index contributed by atoms with van der Waals surface area (Å²) >= 11 is 1.47. The number of benzene rings is 1. The van der Waals surface area contributed by atoms with E-state index in [-0.39, 0.29) is 5.91 Å². The highest BCUT2D eigenvalue weighted by Gasteiger charge is 2.32. The predicted molar refractivity (Wildman–Crippen MR) is 106 cm³/mol. The van der Waals surface area contributed by atoms with E-state index in [1.807, 2.05) is 58.0 Å². The molecule has 0 bridgehead atoms. The number of hydrogen-bond donors (Lipinski definition) is 1. The van der Waals surface area contributed by atoms with Crippen LogP contribution in [0.15, 0.2) is 18.2 Å². The molecule has 1 aromatic heterocycles. The van der Waals surface area contributed by atoms with Crippen LogP contribution < -0.4 is 5.32 Å².